The van der Waals surface area contributed by atoms with Gasteiger partial charge in [0.15, 0.2) is 0 Å². The van der Waals surface area contributed by atoms with Crippen LogP contribution in [-0.4, -0.2) is 53.3 Å². The number of rotatable bonds is 5. The Bertz CT molecular complexity index is 362. The summed E-state index contributed by atoms with van der Waals surface area (Å²) in [5, 5.41) is 18.1. The lowest BCUT2D eigenvalue weighted by atomic mass is 10.1. The molecule has 1 atom stereocenters. The van der Waals surface area contributed by atoms with E-state index < -0.39 is 21.6 Å². The van der Waals surface area contributed by atoms with Gasteiger partial charge < -0.3 is 10.2 Å². The van der Waals surface area contributed by atoms with E-state index in [1.165, 1.54) is 4.31 Å². The number of nitrogens with zero attached hydrogens (tertiary/aromatic N) is 1. The monoisotopic (exact) mass is 251 g/mol. The highest BCUT2D eigenvalue weighted by molar-refractivity contribution is 7.89. The number of β-amino-alcohol motifs (C(OH)–C–C–N with tert-alkyl or cyclic N) is 1. The van der Waals surface area contributed by atoms with Gasteiger partial charge in [-0.1, -0.05) is 0 Å². The smallest absolute Gasteiger partial charge is 0.303 e. The largest absolute Gasteiger partial charge is 0.481 e. The molecule has 0 amide bonds. The topological polar surface area (TPSA) is 94.9 Å². The Morgan fingerprint density at radius 2 is 2.12 bits per heavy atom. The Morgan fingerprint density at radius 3 is 2.56 bits per heavy atom. The second-order valence-electron chi connectivity index (χ2n) is 4.39. The van der Waals surface area contributed by atoms with Crippen LogP contribution in [0.2, 0.25) is 0 Å². The lowest BCUT2D eigenvalue weighted by molar-refractivity contribution is -0.137. The highest BCUT2D eigenvalue weighted by Crippen LogP contribution is 2.23. The van der Waals surface area contributed by atoms with Gasteiger partial charge in [0.05, 0.1) is 11.4 Å². The van der Waals surface area contributed by atoms with Gasteiger partial charge in [-0.2, -0.15) is 4.31 Å². The Balaban J connectivity index is 2.49. The lowest BCUT2D eigenvalue weighted by Crippen LogP contribution is -2.35. The van der Waals surface area contributed by atoms with Gasteiger partial charge in [-0.15, -0.1) is 0 Å². The molecule has 0 radical (unpaired) electrons. The molecule has 1 fully saturated rings. The van der Waals surface area contributed by atoms with Crippen LogP contribution in [0.25, 0.3) is 0 Å². The van der Waals surface area contributed by atoms with Crippen LogP contribution in [0.4, 0.5) is 0 Å². The van der Waals surface area contributed by atoms with Gasteiger partial charge in [-0.05, 0) is 19.8 Å². The van der Waals surface area contributed by atoms with Gasteiger partial charge in [0, 0.05) is 19.5 Å². The molecule has 7 heteroatoms. The summed E-state index contributed by atoms with van der Waals surface area (Å²) in [6.45, 7) is 2.00. The zero-order valence-corrected chi connectivity index (χ0v) is 10.0. The summed E-state index contributed by atoms with van der Waals surface area (Å²) in [6.07, 6.45) is 0.380. The van der Waals surface area contributed by atoms with Crippen molar-refractivity contribution in [2.75, 3.05) is 18.8 Å². The third-order valence-electron chi connectivity index (χ3n) is 2.60. The predicted molar refractivity (Wildman–Crippen MR) is 57.5 cm³/mol. The summed E-state index contributed by atoms with van der Waals surface area (Å²) in [6, 6.07) is 0. The van der Waals surface area contributed by atoms with Crippen LogP contribution < -0.4 is 0 Å². The van der Waals surface area contributed by atoms with E-state index in [4.69, 9.17) is 5.11 Å². The average Bonchev–Trinajstić information content (AvgIpc) is 2.45. The molecule has 1 heterocycles. The number of carboxylic acids is 1. The van der Waals surface area contributed by atoms with Crippen molar-refractivity contribution in [3.8, 4) is 0 Å². The first kappa shape index (κ1) is 13.4. The number of carboxylic acid groups (broad SMARTS) is 1. The minimum Gasteiger partial charge on any atom is -0.481 e. The summed E-state index contributed by atoms with van der Waals surface area (Å²) in [4.78, 5) is 10.3. The zero-order valence-electron chi connectivity index (χ0n) is 9.22. The van der Waals surface area contributed by atoms with Gasteiger partial charge in [0.1, 0.15) is 0 Å². The van der Waals surface area contributed by atoms with Crippen molar-refractivity contribution >= 4 is 16.0 Å². The average molecular weight is 251 g/mol. The van der Waals surface area contributed by atoms with Crippen molar-refractivity contribution in [3.05, 3.63) is 0 Å². The first-order valence-electron chi connectivity index (χ1n) is 5.15. The van der Waals surface area contributed by atoms with Gasteiger partial charge in [0.2, 0.25) is 10.0 Å². The molecule has 1 unspecified atom stereocenters. The first-order chi connectivity index (χ1) is 7.23. The molecular weight excluding hydrogens is 234 g/mol. The van der Waals surface area contributed by atoms with Gasteiger partial charge in [-0.25, -0.2) is 8.42 Å². The molecule has 16 heavy (non-hydrogen) atoms. The fourth-order valence-electron chi connectivity index (χ4n) is 1.68. The summed E-state index contributed by atoms with van der Waals surface area (Å²) >= 11 is 0. The number of aliphatic carboxylic acids is 1. The SMILES string of the molecule is CC1(O)CCN(S(=O)(=O)CCCC(=O)O)C1. The van der Waals surface area contributed by atoms with E-state index in [9.17, 15) is 18.3 Å². The number of hydrogen-bond donors (Lipinski definition) is 2. The molecular formula is C9H17NO5S. The van der Waals surface area contributed by atoms with Crippen LogP contribution in [-0.2, 0) is 14.8 Å². The van der Waals surface area contributed by atoms with Crippen molar-refractivity contribution in [2.45, 2.75) is 31.8 Å². The van der Waals surface area contributed by atoms with Crippen LogP contribution in [0.1, 0.15) is 26.2 Å². The fraction of sp³-hybridized carbons (Fsp3) is 0.889. The van der Waals surface area contributed by atoms with Crippen molar-refractivity contribution in [1.82, 2.24) is 4.31 Å². The van der Waals surface area contributed by atoms with Crippen molar-refractivity contribution in [3.63, 3.8) is 0 Å². The maximum absolute atomic E-state index is 11.7. The molecule has 1 saturated heterocycles. The molecule has 94 valence electrons. The van der Waals surface area contributed by atoms with Crippen molar-refractivity contribution in [1.29, 1.82) is 0 Å². The number of aliphatic hydroxyl groups is 1. The highest BCUT2D eigenvalue weighted by Gasteiger charge is 2.37. The standard InChI is InChI=1S/C9H17NO5S/c1-9(13)4-5-10(7-9)16(14,15)6-2-3-8(11)12/h13H,2-7H2,1H3,(H,11,12). The molecule has 0 bridgehead atoms. The third-order valence-corrected chi connectivity index (χ3v) is 4.51. The Hall–Kier alpha value is -0.660. The minimum absolute atomic E-state index is 0.0996. The quantitative estimate of drug-likeness (QED) is 0.695. The van der Waals surface area contributed by atoms with Gasteiger partial charge in [0.25, 0.3) is 0 Å². The van der Waals surface area contributed by atoms with E-state index in [-0.39, 0.29) is 25.1 Å². The van der Waals surface area contributed by atoms with E-state index in [1.54, 1.807) is 6.92 Å². The van der Waals surface area contributed by atoms with Crippen molar-refractivity contribution < 1.29 is 23.4 Å². The van der Waals surface area contributed by atoms with Crippen LogP contribution in [0, 0.1) is 0 Å². The number of sulfonamides is 1. The van der Waals surface area contributed by atoms with Gasteiger partial charge in [-0.3, -0.25) is 4.79 Å². The Kier molecular flexibility index (Phi) is 3.92. The molecule has 0 aromatic carbocycles. The van der Waals surface area contributed by atoms with Crippen LogP contribution in [0.15, 0.2) is 0 Å². The number of carbonyl (C=O) groups is 1. The summed E-state index contributed by atoms with van der Waals surface area (Å²) in [5.41, 5.74) is -0.958. The second-order valence-corrected chi connectivity index (χ2v) is 6.48. The minimum atomic E-state index is -3.42. The van der Waals surface area contributed by atoms with E-state index in [0.29, 0.717) is 13.0 Å². The highest BCUT2D eigenvalue weighted by atomic mass is 32.2. The normalized spacial score (nSPS) is 27.1. The molecule has 0 saturated carbocycles. The van der Waals surface area contributed by atoms with E-state index in [0.717, 1.165) is 0 Å². The maximum atomic E-state index is 11.7. The fourth-order valence-corrected chi connectivity index (χ4v) is 3.29. The van der Waals surface area contributed by atoms with Crippen molar-refractivity contribution in [2.24, 2.45) is 0 Å². The molecule has 0 aliphatic carbocycles. The molecule has 6 nitrogen and oxygen atoms in total. The van der Waals surface area contributed by atoms with E-state index >= 15 is 0 Å². The summed E-state index contributed by atoms with van der Waals surface area (Å²) in [5.74, 6) is -1.17. The third kappa shape index (κ3) is 3.73. The zero-order chi connectivity index (χ0) is 12.4. The second kappa shape index (κ2) is 4.68. The molecule has 2 N–H and O–H groups in total. The van der Waals surface area contributed by atoms with Gasteiger partial charge >= 0.3 is 5.97 Å². The molecule has 1 rings (SSSR count). The predicted octanol–water partition coefficient (Wildman–Crippen LogP) is -0.362. The molecule has 0 aromatic rings. The molecule has 0 aromatic heterocycles. The first-order valence-corrected chi connectivity index (χ1v) is 6.76. The van der Waals surface area contributed by atoms with Crippen LogP contribution in [0.3, 0.4) is 0 Å². The van der Waals surface area contributed by atoms with E-state index in [2.05, 4.69) is 0 Å². The molecule has 1 aliphatic rings. The Labute approximate surface area is 94.9 Å². The summed E-state index contributed by atoms with van der Waals surface area (Å²) < 4.78 is 24.7. The van der Waals surface area contributed by atoms with Crippen LogP contribution in [0.5, 0.6) is 0 Å². The molecule has 0 spiro atoms. The maximum Gasteiger partial charge on any atom is 0.303 e. The van der Waals surface area contributed by atoms with Crippen LogP contribution >= 0.6 is 0 Å². The van der Waals surface area contributed by atoms with E-state index in [1.807, 2.05) is 0 Å². The Morgan fingerprint density at radius 1 is 1.50 bits per heavy atom. The molecule has 1 aliphatic heterocycles. The number of hydrogen-bond acceptors (Lipinski definition) is 4. The summed E-state index contributed by atoms with van der Waals surface area (Å²) in [7, 11) is -3.42. The lowest BCUT2D eigenvalue weighted by Gasteiger charge is -2.18.